The molecule has 114 valence electrons. The normalized spacial score (nSPS) is 10.3. The van der Waals surface area contributed by atoms with Crippen molar-refractivity contribution in [2.24, 2.45) is 0 Å². The first-order valence-corrected chi connectivity index (χ1v) is 7.18. The summed E-state index contributed by atoms with van der Waals surface area (Å²) in [7, 11) is 0. The highest BCUT2D eigenvalue weighted by Crippen LogP contribution is 2.32. The number of amides is 1. The Morgan fingerprint density at radius 1 is 1.05 bits per heavy atom. The third-order valence-corrected chi connectivity index (χ3v) is 3.83. The molecular weight excluding hydrogens is 351 g/mol. The molecule has 8 heteroatoms. The highest BCUT2D eigenvalue weighted by molar-refractivity contribution is 6.44. The summed E-state index contributed by atoms with van der Waals surface area (Å²) in [6, 6.07) is 8.62. The van der Waals surface area contributed by atoms with E-state index in [9.17, 15) is 14.9 Å². The number of hydrogen-bond acceptors (Lipinski definition) is 3. The van der Waals surface area contributed by atoms with E-state index >= 15 is 0 Å². The van der Waals surface area contributed by atoms with Crippen molar-refractivity contribution in [1.82, 2.24) is 0 Å². The number of carbonyl (C=O) groups excluding carboxylic acids is 1. The molecule has 0 radical (unpaired) electrons. The van der Waals surface area contributed by atoms with Crippen LogP contribution in [0, 0.1) is 10.1 Å². The first-order valence-electron chi connectivity index (χ1n) is 6.04. The summed E-state index contributed by atoms with van der Waals surface area (Å²) >= 11 is 17.7. The lowest BCUT2D eigenvalue weighted by atomic mass is 10.1. The molecule has 1 N–H and O–H groups in total. The van der Waals surface area contributed by atoms with Crippen LogP contribution in [0.5, 0.6) is 0 Å². The van der Waals surface area contributed by atoms with Crippen LogP contribution in [0.1, 0.15) is 5.56 Å². The van der Waals surface area contributed by atoms with E-state index in [-0.39, 0.29) is 28.1 Å². The van der Waals surface area contributed by atoms with Gasteiger partial charge in [0.25, 0.3) is 5.69 Å². The van der Waals surface area contributed by atoms with Crippen molar-refractivity contribution < 1.29 is 9.72 Å². The van der Waals surface area contributed by atoms with Crippen molar-refractivity contribution in [2.75, 3.05) is 5.32 Å². The Labute approximate surface area is 140 Å². The standard InChI is InChI=1S/C14H9Cl3N2O3/c15-10-6-12(17)13(7-11(10)16)18-14(20)5-8-1-3-9(4-2-8)19(21)22/h1-4,6-7H,5H2,(H,18,20). The average molecular weight is 360 g/mol. The Hall–Kier alpha value is -1.82. The highest BCUT2D eigenvalue weighted by Gasteiger charge is 2.11. The molecule has 0 fully saturated rings. The summed E-state index contributed by atoms with van der Waals surface area (Å²) in [5.74, 6) is -0.325. The smallest absolute Gasteiger partial charge is 0.269 e. The second kappa shape index (κ2) is 6.96. The molecule has 22 heavy (non-hydrogen) atoms. The summed E-state index contributed by atoms with van der Waals surface area (Å²) in [6.07, 6.45) is 0.0502. The minimum Gasteiger partial charge on any atom is -0.324 e. The van der Waals surface area contributed by atoms with E-state index < -0.39 is 4.92 Å². The van der Waals surface area contributed by atoms with Gasteiger partial charge in [-0.05, 0) is 17.7 Å². The third-order valence-electron chi connectivity index (χ3n) is 2.80. The molecule has 2 aromatic carbocycles. The number of anilines is 1. The number of non-ortho nitro benzene ring substituents is 1. The van der Waals surface area contributed by atoms with Crippen LogP contribution in [0.15, 0.2) is 36.4 Å². The molecule has 0 saturated carbocycles. The van der Waals surface area contributed by atoms with Gasteiger partial charge < -0.3 is 5.32 Å². The van der Waals surface area contributed by atoms with Crippen LogP contribution < -0.4 is 5.32 Å². The van der Waals surface area contributed by atoms with Gasteiger partial charge in [0.15, 0.2) is 0 Å². The van der Waals surface area contributed by atoms with E-state index in [0.717, 1.165) is 0 Å². The Balaban J connectivity index is 2.07. The Kier molecular flexibility index (Phi) is 5.24. The van der Waals surface area contributed by atoms with E-state index in [0.29, 0.717) is 16.3 Å². The Morgan fingerprint density at radius 3 is 2.23 bits per heavy atom. The van der Waals surface area contributed by atoms with Gasteiger partial charge in [-0.1, -0.05) is 46.9 Å². The molecular formula is C14H9Cl3N2O3. The number of nitro groups is 1. The molecule has 1 amide bonds. The monoisotopic (exact) mass is 358 g/mol. The van der Waals surface area contributed by atoms with E-state index in [4.69, 9.17) is 34.8 Å². The first-order chi connectivity index (χ1) is 10.4. The van der Waals surface area contributed by atoms with Crippen molar-refractivity contribution in [2.45, 2.75) is 6.42 Å². The summed E-state index contributed by atoms with van der Waals surface area (Å²) in [5.41, 5.74) is 0.957. The van der Waals surface area contributed by atoms with Crippen LogP contribution in [0.3, 0.4) is 0 Å². The van der Waals surface area contributed by atoms with Gasteiger partial charge in [-0.2, -0.15) is 0 Å². The SMILES string of the molecule is O=C(Cc1ccc([N+](=O)[O-])cc1)Nc1cc(Cl)c(Cl)cc1Cl. The summed E-state index contributed by atoms with van der Waals surface area (Å²) in [6.45, 7) is 0. The number of benzene rings is 2. The van der Waals surface area contributed by atoms with Crippen LogP contribution in [-0.4, -0.2) is 10.8 Å². The predicted molar refractivity (Wildman–Crippen MR) is 86.9 cm³/mol. The number of nitrogens with one attached hydrogen (secondary N) is 1. The predicted octanol–water partition coefficient (Wildman–Crippen LogP) is 4.74. The van der Waals surface area contributed by atoms with Gasteiger partial charge in [-0.25, -0.2) is 0 Å². The molecule has 0 aliphatic heterocycles. The molecule has 2 rings (SSSR count). The van der Waals surface area contributed by atoms with Crippen LogP contribution in [0.4, 0.5) is 11.4 Å². The van der Waals surface area contributed by atoms with Crippen molar-refractivity contribution >= 4 is 52.1 Å². The summed E-state index contributed by atoms with van der Waals surface area (Å²) in [4.78, 5) is 22.0. The third kappa shape index (κ3) is 4.10. The minimum atomic E-state index is -0.501. The molecule has 5 nitrogen and oxygen atoms in total. The number of nitrogens with zero attached hydrogens (tertiary/aromatic N) is 1. The lowest BCUT2D eigenvalue weighted by Crippen LogP contribution is -2.14. The van der Waals surface area contributed by atoms with Gasteiger partial charge in [0.1, 0.15) is 0 Å². The quantitative estimate of drug-likeness (QED) is 0.487. The number of nitro benzene ring substituents is 1. The van der Waals surface area contributed by atoms with Gasteiger partial charge in [-0.15, -0.1) is 0 Å². The largest absolute Gasteiger partial charge is 0.324 e. The zero-order valence-electron chi connectivity index (χ0n) is 11.0. The van der Waals surface area contributed by atoms with Gasteiger partial charge in [0.2, 0.25) is 5.91 Å². The zero-order chi connectivity index (χ0) is 16.3. The fourth-order valence-corrected chi connectivity index (χ4v) is 2.33. The molecule has 0 aromatic heterocycles. The lowest BCUT2D eigenvalue weighted by Gasteiger charge is -2.08. The van der Waals surface area contributed by atoms with Crippen LogP contribution in [0.2, 0.25) is 15.1 Å². The average Bonchev–Trinajstić information content (AvgIpc) is 2.45. The van der Waals surface area contributed by atoms with Crippen molar-refractivity contribution in [3.05, 3.63) is 67.1 Å². The van der Waals surface area contributed by atoms with E-state index in [1.165, 1.54) is 36.4 Å². The fourth-order valence-electron chi connectivity index (χ4n) is 1.73. The molecule has 0 heterocycles. The molecule has 0 atom stereocenters. The topological polar surface area (TPSA) is 72.2 Å². The van der Waals surface area contributed by atoms with Gasteiger partial charge >= 0.3 is 0 Å². The van der Waals surface area contributed by atoms with Crippen LogP contribution in [-0.2, 0) is 11.2 Å². The highest BCUT2D eigenvalue weighted by atomic mass is 35.5. The van der Waals surface area contributed by atoms with Crippen LogP contribution >= 0.6 is 34.8 Å². The second-order valence-corrected chi connectivity index (χ2v) is 5.62. The van der Waals surface area contributed by atoms with E-state index in [2.05, 4.69) is 5.32 Å². The lowest BCUT2D eigenvalue weighted by molar-refractivity contribution is -0.384. The van der Waals surface area contributed by atoms with Crippen molar-refractivity contribution in [3.8, 4) is 0 Å². The number of carbonyl (C=O) groups is 1. The Bertz CT molecular complexity index is 733. The molecule has 2 aromatic rings. The number of halogens is 3. The van der Waals surface area contributed by atoms with E-state index in [1.54, 1.807) is 0 Å². The maximum Gasteiger partial charge on any atom is 0.269 e. The van der Waals surface area contributed by atoms with Gasteiger partial charge in [0.05, 0.1) is 32.1 Å². The van der Waals surface area contributed by atoms with Gasteiger partial charge in [-0.3, -0.25) is 14.9 Å². The molecule has 0 saturated heterocycles. The Morgan fingerprint density at radius 2 is 1.64 bits per heavy atom. The van der Waals surface area contributed by atoms with Crippen molar-refractivity contribution in [3.63, 3.8) is 0 Å². The molecule has 0 aliphatic carbocycles. The summed E-state index contributed by atoms with van der Waals surface area (Å²) < 4.78 is 0. The number of hydrogen-bond donors (Lipinski definition) is 1. The van der Waals surface area contributed by atoms with Crippen molar-refractivity contribution in [1.29, 1.82) is 0 Å². The van der Waals surface area contributed by atoms with E-state index in [1.807, 2.05) is 0 Å². The molecule has 0 bridgehead atoms. The zero-order valence-corrected chi connectivity index (χ0v) is 13.2. The number of rotatable bonds is 4. The minimum absolute atomic E-state index is 0.0308. The molecule has 0 unspecified atom stereocenters. The van der Waals surface area contributed by atoms with Crippen LogP contribution in [0.25, 0.3) is 0 Å². The fraction of sp³-hybridized carbons (Fsp3) is 0.0714. The molecule has 0 spiro atoms. The second-order valence-electron chi connectivity index (χ2n) is 4.39. The first kappa shape index (κ1) is 16.5. The maximum atomic E-state index is 12.0. The molecule has 0 aliphatic rings. The maximum absolute atomic E-state index is 12.0. The summed E-state index contributed by atoms with van der Waals surface area (Å²) in [5, 5.41) is 14.0. The van der Waals surface area contributed by atoms with Gasteiger partial charge in [0, 0.05) is 12.1 Å².